The van der Waals surface area contributed by atoms with Crippen LogP contribution in [0.15, 0.2) is 11.6 Å². The van der Waals surface area contributed by atoms with Crippen LogP contribution in [0.25, 0.3) is 4.96 Å². The fourth-order valence-corrected chi connectivity index (χ4v) is 3.97. The van der Waals surface area contributed by atoms with Gasteiger partial charge in [0.05, 0.1) is 12.3 Å². The number of aromatic nitrogens is 2. The minimum atomic E-state index is 0.183. The lowest BCUT2D eigenvalue weighted by atomic mass is 10.2. The normalized spacial score (nSPS) is 16.1. The van der Waals surface area contributed by atoms with Crippen LogP contribution in [0.2, 0.25) is 0 Å². The number of nitrogens with zero attached hydrogens (tertiary/aromatic N) is 3. The Morgan fingerprint density at radius 2 is 2.29 bits per heavy atom. The fourth-order valence-electron chi connectivity index (χ4n) is 3.24. The van der Waals surface area contributed by atoms with Gasteiger partial charge in [0.25, 0.3) is 0 Å². The van der Waals surface area contributed by atoms with Gasteiger partial charge in [0.1, 0.15) is 0 Å². The summed E-state index contributed by atoms with van der Waals surface area (Å²) in [5.74, 6) is 1.06. The summed E-state index contributed by atoms with van der Waals surface area (Å²) < 4.78 is 2.18. The molecule has 0 spiro atoms. The SMILES string of the molecule is CCNCc1c(N(CCO)C2CCCC2)nc2sccn12. The highest BCUT2D eigenvalue weighted by Gasteiger charge is 2.27. The zero-order chi connectivity index (χ0) is 14.7. The molecular formula is C15H24N4OS. The van der Waals surface area contributed by atoms with Crippen LogP contribution in [0.4, 0.5) is 5.82 Å². The molecule has 2 N–H and O–H groups in total. The van der Waals surface area contributed by atoms with Crippen molar-refractivity contribution in [3.8, 4) is 0 Å². The summed E-state index contributed by atoms with van der Waals surface area (Å²) >= 11 is 1.67. The molecule has 0 bridgehead atoms. The molecule has 0 radical (unpaired) electrons. The van der Waals surface area contributed by atoms with Crippen molar-refractivity contribution in [1.82, 2.24) is 14.7 Å². The van der Waals surface area contributed by atoms with E-state index in [1.807, 2.05) is 0 Å². The largest absolute Gasteiger partial charge is 0.395 e. The first-order chi connectivity index (χ1) is 10.3. The molecule has 3 rings (SSSR count). The molecule has 2 heterocycles. The van der Waals surface area contributed by atoms with Gasteiger partial charge in [0, 0.05) is 30.7 Å². The molecule has 1 fully saturated rings. The molecule has 0 atom stereocenters. The molecule has 0 aliphatic heterocycles. The summed E-state index contributed by atoms with van der Waals surface area (Å²) in [5.41, 5.74) is 1.22. The molecule has 5 nitrogen and oxygen atoms in total. The summed E-state index contributed by atoms with van der Waals surface area (Å²) in [6.45, 7) is 4.74. The van der Waals surface area contributed by atoms with Gasteiger partial charge in [-0.05, 0) is 19.4 Å². The lowest BCUT2D eigenvalue weighted by molar-refractivity contribution is 0.296. The predicted molar refractivity (Wildman–Crippen MR) is 87.1 cm³/mol. The van der Waals surface area contributed by atoms with E-state index in [1.165, 1.54) is 31.4 Å². The molecule has 6 heteroatoms. The monoisotopic (exact) mass is 308 g/mol. The van der Waals surface area contributed by atoms with Crippen molar-refractivity contribution in [2.75, 3.05) is 24.6 Å². The number of aliphatic hydroxyl groups is 1. The summed E-state index contributed by atoms with van der Waals surface area (Å²) in [7, 11) is 0. The van der Waals surface area contributed by atoms with E-state index in [0.29, 0.717) is 12.6 Å². The summed E-state index contributed by atoms with van der Waals surface area (Å²) in [6, 6.07) is 0.530. The van der Waals surface area contributed by atoms with E-state index in [9.17, 15) is 5.11 Å². The van der Waals surface area contributed by atoms with E-state index >= 15 is 0 Å². The highest BCUT2D eigenvalue weighted by atomic mass is 32.1. The van der Waals surface area contributed by atoms with E-state index in [0.717, 1.165) is 23.9 Å². The van der Waals surface area contributed by atoms with Gasteiger partial charge < -0.3 is 15.3 Å². The number of hydrogen-bond acceptors (Lipinski definition) is 5. The van der Waals surface area contributed by atoms with Crippen LogP contribution >= 0.6 is 11.3 Å². The van der Waals surface area contributed by atoms with Crippen molar-refractivity contribution in [3.63, 3.8) is 0 Å². The van der Waals surface area contributed by atoms with E-state index in [-0.39, 0.29) is 6.61 Å². The lowest BCUT2D eigenvalue weighted by Gasteiger charge is -2.29. The molecule has 1 saturated carbocycles. The van der Waals surface area contributed by atoms with Gasteiger partial charge in [-0.2, -0.15) is 0 Å². The minimum absolute atomic E-state index is 0.183. The Balaban J connectivity index is 1.96. The second-order valence-corrected chi connectivity index (χ2v) is 6.45. The Kier molecular flexibility index (Phi) is 4.77. The molecule has 0 aromatic carbocycles. The van der Waals surface area contributed by atoms with Crippen LogP contribution < -0.4 is 10.2 Å². The third-order valence-electron chi connectivity index (χ3n) is 4.26. The minimum Gasteiger partial charge on any atom is -0.395 e. The predicted octanol–water partition coefficient (Wildman–Crippen LogP) is 2.25. The Labute approximate surface area is 129 Å². The molecule has 2 aromatic heterocycles. The fraction of sp³-hybridized carbons (Fsp3) is 0.667. The highest BCUT2D eigenvalue weighted by molar-refractivity contribution is 7.15. The molecule has 1 aliphatic carbocycles. The maximum Gasteiger partial charge on any atom is 0.195 e. The van der Waals surface area contributed by atoms with Crippen molar-refractivity contribution >= 4 is 22.1 Å². The number of aliphatic hydroxyl groups excluding tert-OH is 1. The topological polar surface area (TPSA) is 52.8 Å². The van der Waals surface area contributed by atoms with Gasteiger partial charge in [-0.25, -0.2) is 4.98 Å². The second kappa shape index (κ2) is 6.77. The van der Waals surface area contributed by atoms with Crippen molar-refractivity contribution in [2.45, 2.75) is 45.2 Å². The number of fused-ring (bicyclic) bond motifs is 1. The van der Waals surface area contributed by atoms with Crippen molar-refractivity contribution in [3.05, 3.63) is 17.3 Å². The maximum atomic E-state index is 9.46. The number of imidazole rings is 1. The average Bonchev–Trinajstić information content (AvgIpc) is 3.19. The number of nitrogens with one attached hydrogen (secondary N) is 1. The smallest absolute Gasteiger partial charge is 0.195 e. The Hall–Kier alpha value is -1.11. The van der Waals surface area contributed by atoms with Crippen molar-refractivity contribution < 1.29 is 5.11 Å². The highest BCUT2D eigenvalue weighted by Crippen LogP contribution is 2.31. The van der Waals surface area contributed by atoms with Crippen molar-refractivity contribution in [2.24, 2.45) is 0 Å². The van der Waals surface area contributed by atoms with Crippen LogP contribution in [0.3, 0.4) is 0 Å². The van der Waals surface area contributed by atoms with Crippen molar-refractivity contribution in [1.29, 1.82) is 0 Å². The molecule has 2 aromatic rings. The van der Waals surface area contributed by atoms with Gasteiger partial charge in [0.2, 0.25) is 0 Å². The third kappa shape index (κ3) is 2.93. The standard InChI is InChI=1S/C15H24N4OS/c1-2-16-11-13-14(17-15-19(13)8-10-21-15)18(7-9-20)12-5-3-4-6-12/h8,10,12,16,20H,2-7,9,11H2,1H3. The molecule has 0 unspecified atom stereocenters. The van der Waals surface area contributed by atoms with Gasteiger partial charge in [0.15, 0.2) is 10.8 Å². The second-order valence-electron chi connectivity index (χ2n) is 5.57. The number of hydrogen-bond donors (Lipinski definition) is 2. The van der Waals surface area contributed by atoms with Crippen LogP contribution in [0.1, 0.15) is 38.3 Å². The van der Waals surface area contributed by atoms with E-state index in [2.05, 4.69) is 33.1 Å². The van der Waals surface area contributed by atoms with E-state index < -0.39 is 0 Å². The number of anilines is 1. The Morgan fingerprint density at radius 1 is 1.48 bits per heavy atom. The first-order valence-electron chi connectivity index (χ1n) is 7.87. The van der Waals surface area contributed by atoms with Gasteiger partial charge in [-0.15, -0.1) is 11.3 Å². The maximum absolute atomic E-state index is 9.46. The van der Waals surface area contributed by atoms with Crippen LogP contribution in [-0.4, -0.2) is 40.2 Å². The quantitative estimate of drug-likeness (QED) is 0.824. The lowest BCUT2D eigenvalue weighted by Crippen LogP contribution is -2.37. The number of thiazole rings is 1. The first kappa shape index (κ1) is 14.8. The van der Waals surface area contributed by atoms with Crippen LogP contribution in [0, 0.1) is 0 Å². The Bertz CT molecular complexity index is 573. The van der Waals surface area contributed by atoms with Crippen LogP contribution in [-0.2, 0) is 6.54 Å². The molecule has 0 amide bonds. The molecule has 0 saturated heterocycles. The third-order valence-corrected chi connectivity index (χ3v) is 5.02. The Morgan fingerprint density at radius 3 is 3.00 bits per heavy atom. The van der Waals surface area contributed by atoms with Gasteiger partial charge in [-0.1, -0.05) is 19.8 Å². The molecule has 1 aliphatic rings. The summed E-state index contributed by atoms with van der Waals surface area (Å²) in [6.07, 6.45) is 7.10. The van der Waals surface area contributed by atoms with E-state index in [4.69, 9.17) is 4.98 Å². The summed E-state index contributed by atoms with van der Waals surface area (Å²) in [4.78, 5) is 8.22. The van der Waals surface area contributed by atoms with Crippen LogP contribution in [0.5, 0.6) is 0 Å². The molecule has 116 valence electrons. The zero-order valence-electron chi connectivity index (χ0n) is 12.6. The molecule has 21 heavy (non-hydrogen) atoms. The summed E-state index contributed by atoms with van der Waals surface area (Å²) in [5, 5.41) is 15.0. The van der Waals surface area contributed by atoms with Gasteiger partial charge in [-0.3, -0.25) is 4.40 Å². The van der Waals surface area contributed by atoms with Gasteiger partial charge >= 0.3 is 0 Å². The zero-order valence-corrected chi connectivity index (χ0v) is 13.4. The first-order valence-corrected chi connectivity index (χ1v) is 8.75. The average molecular weight is 308 g/mol. The number of rotatable bonds is 7. The van der Waals surface area contributed by atoms with E-state index in [1.54, 1.807) is 11.3 Å². The molecular weight excluding hydrogens is 284 g/mol.